The summed E-state index contributed by atoms with van der Waals surface area (Å²) in [6, 6.07) is 0. The zero-order chi connectivity index (χ0) is 4.24. The van der Waals surface area contributed by atoms with E-state index in [0.717, 1.165) is 0 Å². The maximum absolute atomic E-state index is 4.67. The predicted molar refractivity (Wildman–Crippen MR) is 23.4 cm³/mol. The molecular weight excluding hydrogens is 77.6 g/mol. The Kier molecular flexibility index (Phi) is 1.59. The SMILES string of the molecule is [B]1CO[B]OC1. The van der Waals surface area contributed by atoms with E-state index < -0.39 is 0 Å². The van der Waals surface area contributed by atoms with Gasteiger partial charge in [0.15, 0.2) is 7.28 Å². The molecule has 1 saturated heterocycles. The van der Waals surface area contributed by atoms with E-state index in [-0.39, 0.29) is 0 Å². The summed E-state index contributed by atoms with van der Waals surface area (Å²) in [5, 5.41) is 0. The Hall–Kier alpha value is 0.0499. The minimum absolute atomic E-state index is 0.694. The van der Waals surface area contributed by atoms with Crippen LogP contribution in [-0.4, -0.2) is 28.0 Å². The number of rotatable bonds is 0. The Morgan fingerprint density at radius 1 is 1.17 bits per heavy atom. The third-order valence-corrected chi connectivity index (χ3v) is 0.564. The molecule has 0 bridgehead atoms. The van der Waals surface area contributed by atoms with Crippen LogP contribution >= 0.6 is 0 Å². The van der Waals surface area contributed by atoms with Crippen molar-refractivity contribution >= 4 is 15.0 Å². The zero-order valence-corrected chi connectivity index (χ0v) is 3.39. The lowest BCUT2D eigenvalue weighted by molar-refractivity contribution is 0.254. The van der Waals surface area contributed by atoms with Gasteiger partial charge in [-0.2, -0.15) is 0 Å². The van der Waals surface area contributed by atoms with Gasteiger partial charge in [0.05, 0.1) is 0 Å². The van der Waals surface area contributed by atoms with E-state index in [1.54, 1.807) is 0 Å². The molecule has 0 aliphatic carbocycles. The van der Waals surface area contributed by atoms with Crippen LogP contribution in [0.25, 0.3) is 0 Å². The van der Waals surface area contributed by atoms with Crippen molar-refractivity contribution in [2.24, 2.45) is 0 Å². The van der Waals surface area contributed by atoms with Crippen LogP contribution in [0.5, 0.6) is 0 Å². The molecule has 1 aliphatic rings. The van der Waals surface area contributed by atoms with E-state index in [2.05, 4.69) is 9.31 Å². The standard InChI is InChI=1S/C2H4B2O2/c1-3-2-6-4-5-1/h1-2H2. The van der Waals surface area contributed by atoms with Gasteiger partial charge in [-0.1, -0.05) is 0 Å². The summed E-state index contributed by atoms with van der Waals surface area (Å²) < 4.78 is 9.33. The minimum atomic E-state index is 0.694. The molecule has 1 rings (SSSR count). The first-order valence-corrected chi connectivity index (χ1v) is 1.87. The molecule has 1 fully saturated rings. The van der Waals surface area contributed by atoms with Gasteiger partial charge >= 0.3 is 7.69 Å². The first kappa shape index (κ1) is 4.22. The summed E-state index contributed by atoms with van der Waals surface area (Å²) in [7, 11) is 3.28. The van der Waals surface area contributed by atoms with Crippen LogP contribution in [0.3, 0.4) is 0 Å². The summed E-state index contributed by atoms with van der Waals surface area (Å²) in [6.07, 6.45) is 0. The van der Waals surface area contributed by atoms with Crippen molar-refractivity contribution in [3.63, 3.8) is 0 Å². The van der Waals surface area contributed by atoms with E-state index in [1.807, 2.05) is 7.28 Å². The third kappa shape index (κ3) is 1.03. The molecule has 0 aromatic carbocycles. The second-order valence-corrected chi connectivity index (χ2v) is 1.05. The van der Waals surface area contributed by atoms with Crippen LogP contribution in [0, 0.1) is 0 Å². The van der Waals surface area contributed by atoms with Gasteiger partial charge in [-0.3, -0.25) is 0 Å². The van der Waals surface area contributed by atoms with Gasteiger partial charge in [0.1, 0.15) is 0 Å². The topological polar surface area (TPSA) is 18.5 Å². The van der Waals surface area contributed by atoms with Crippen LogP contribution in [0.1, 0.15) is 0 Å². The minimum Gasteiger partial charge on any atom is -0.422 e. The van der Waals surface area contributed by atoms with Gasteiger partial charge in [-0.15, -0.1) is 0 Å². The summed E-state index contributed by atoms with van der Waals surface area (Å²) in [5.74, 6) is 0. The van der Waals surface area contributed by atoms with Gasteiger partial charge in [0.25, 0.3) is 0 Å². The highest BCUT2D eigenvalue weighted by Crippen LogP contribution is 1.79. The quantitative estimate of drug-likeness (QED) is 0.355. The first-order valence-electron chi connectivity index (χ1n) is 1.87. The average molecular weight is 81.7 g/mol. The van der Waals surface area contributed by atoms with Crippen molar-refractivity contribution in [1.29, 1.82) is 0 Å². The van der Waals surface area contributed by atoms with Crippen molar-refractivity contribution in [3.05, 3.63) is 0 Å². The van der Waals surface area contributed by atoms with Crippen molar-refractivity contribution < 1.29 is 9.31 Å². The lowest BCUT2D eigenvalue weighted by Gasteiger charge is -2.06. The molecular formula is C2H4B2O2. The molecule has 0 unspecified atom stereocenters. The van der Waals surface area contributed by atoms with Crippen LogP contribution in [0.4, 0.5) is 0 Å². The molecule has 2 radical (unpaired) electrons. The molecule has 0 saturated carbocycles. The largest absolute Gasteiger partial charge is 0.486 e. The van der Waals surface area contributed by atoms with E-state index in [4.69, 9.17) is 0 Å². The molecule has 0 spiro atoms. The summed E-state index contributed by atoms with van der Waals surface area (Å²) in [4.78, 5) is 0. The van der Waals surface area contributed by atoms with Gasteiger partial charge in [0, 0.05) is 13.0 Å². The molecule has 0 amide bonds. The summed E-state index contributed by atoms with van der Waals surface area (Å²) >= 11 is 0. The molecule has 1 aliphatic heterocycles. The number of hydrogen-bond acceptors (Lipinski definition) is 2. The summed E-state index contributed by atoms with van der Waals surface area (Å²) in [5.41, 5.74) is 0. The third-order valence-electron chi connectivity index (χ3n) is 0.564. The fraction of sp³-hybridized carbons (Fsp3) is 1.00. The number of hydrogen-bond donors (Lipinski definition) is 0. The van der Waals surface area contributed by atoms with E-state index in [1.165, 1.54) is 7.69 Å². The highest BCUT2D eigenvalue weighted by Gasteiger charge is 2.00. The van der Waals surface area contributed by atoms with Crippen molar-refractivity contribution in [1.82, 2.24) is 0 Å². The molecule has 1 heterocycles. The Morgan fingerprint density at radius 2 is 1.83 bits per heavy atom. The normalized spacial score (nSPS) is 21.3. The average Bonchev–Trinajstić information content (AvgIpc) is 1.72. The Bertz CT molecular complexity index is 25.0. The maximum Gasteiger partial charge on any atom is 0.486 e. The fourth-order valence-corrected chi connectivity index (χ4v) is 0.311. The molecule has 0 atom stereocenters. The van der Waals surface area contributed by atoms with E-state index >= 15 is 0 Å². The van der Waals surface area contributed by atoms with E-state index in [0.29, 0.717) is 13.0 Å². The Labute approximate surface area is 38.4 Å². The smallest absolute Gasteiger partial charge is 0.422 e. The Balaban J connectivity index is 2.00. The highest BCUT2D eigenvalue weighted by atomic mass is 16.6. The van der Waals surface area contributed by atoms with Crippen LogP contribution < -0.4 is 0 Å². The van der Waals surface area contributed by atoms with Gasteiger partial charge in [0.2, 0.25) is 0 Å². The lowest BCUT2D eigenvalue weighted by atomic mass is 9.80. The second-order valence-electron chi connectivity index (χ2n) is 1.05. The first-order chi connectivity index (χ1) is 3.00. The molecule has 0 N–H and O–H groups in total. The molecule has 2 nitrogen and oxygen atoms in total. The molecule has 0 aromatic heterocycles. The highest BCUT2D eigenvalue weighted by molar-refractivity contribution is 6.39. The van der Waals surface area contributed by atoms with Crippen molar-refractivity contribution in [2.45, 2.75) is 0 Å². The van der Waals surface area contributed by atoms with Gasteiger partial charge < -0.3 is 9.31 Å². The van der Waals surface area contributed by atoms with Crippen LogP contribution in [-0.2, 0) is 9.31 Å². The fourth-order valence-electron chi connectivity index (χ4n) is 0.311. The zero-order valence-electron chi connectivity index (χ0n) is 3.39. The Morgan fingerprint density at radius 3 is 2.00 bits per heavy atom. The lowest BCUT2D eigenvalue weighted by Crippen LogP contribution is -2.22. The molecule has 0 aromatic rings. The predicted octanol–water partition coefficient (Wildman–Crippen LogP) is -0.813. The van der Waals surface area contributed by atoms with Crippen molar-refractivity contribution in [3.8, 4) is 0 Å². The van der Waals surface area contributed by atoms with Gasteiger partial charge in [-0.25, -0.2) is 0 Å². The van der Waals surface area contributed by atoms with E-state index in [9.17, 15) is 0 Å². The second kappa shape index (κ2) is 2.26. The van der Waals surface area contributed by atoms with Crippen LogP contribution in [0.15, 0.2) is 0 Å². The maximum atomic E-state index is 4.67. The summed E-state index contributed by atoms with van der Waals surface area (Å²) in [6.45, 7) is 1.39. The van der Waals surface area contributed by atoms with Crippen LogP contribution in [0.2, 0.25) is 0 Å². The monoisotopic (exact) mass is 82.0 g/mol. The molecule has 4 heteroatoms. The molecule has 6 heavy (non-hydrogen) atoms. The molecule has 30 valence electrons. The van der Waals surface area contributed by atoms with Crippen molar-refractivity contribution in [2.75, 3.05) is 13.0 Å². The van der Waals surface area contributed by atoms with Gasteiger partial charge in [-0.05, 0) is 0 Å².